The Balaban J connectivity index is 1.99. The molecule has 0 heterocycles. The van der Waals surface area contributed by atoms with Gasteiger partial charge in [0.2, 0.25) is 0 Å². The predicted octanol–water partition coefficient (Wildman–Crippen LogP) is 4.39. The third-order valence-corrected chi connectivity index (χ3v) is 4.09. The number of methoxy groups -OCH3 is 1. The number of nitrogens with zero attached hydrogens (tertiary/aromatic N) is 1. The lowest BCUT2D eigenvalue weighted by Crippen LogP contribution is -2.38. The van der Waals surface area contributed by atoms with Crippen LogP contribution in [-0.4, -0.2) is 31.7 Å². The molecule has 1 unspecified atom stereocenters. The Bertz CT molecular complexity index is 718. The van der Waals surface area contributed by atoms with Gasteiger partial charge in [-0.25, -0.2) is 4.79 Å². The van der Waals surface area contributed by atoms with Gasteiger partial charge in [-0.2, -0.15) is 0 Å². The van der Waals surface area contributed by atoms with Crippen molar-refractivity contribution in [2.75, 3.05) is 20.8 Å². The Kier molecular flexibility index (Phi) is 7.33. The van der Waals surface area contributed by atoms with Gasteiger partial charge < -0.3 is 19.7 Å². The fourth-order valence-corrected chi connectivity index (χ4v) is 2.67. The molecule has 0 bridgehead atoms. The topological polar surface area (TPSA) is 50.8 Å². The van der Waals surface area contributed by atoms with Gasteiger partial charge in [-0.1, -0.05) is 37.3 Å². The van der Waals surface area contributed by atoms with Crippen molar-refractivity contribution in [2.45, 2.75) is 32.9 Å². The van der Waals surface area contributed by atoms with Crippen molar-refractivity contribution in [3.05, 3.63) is 59.7 Å². The van der Waals surface area contributed by atoms with Crippen molar-refractivity contribution < 1.29 is 14.3 Å². The summed E-state index contributed by atoms with van der Waals surface area (Å²) in [7, 11) is 3.41. The van der Waals surface area contributed by atoms with Gasteiger partial charge in [0.1, 0.15) is 11.5 Å². The van der Waals surface area contributed by atoms with E-state index in [1.54, 1.807) is 19.1 Å². The van der Waals surface area contributed by atoms with Crippen LogP contribution < -0.4 is 14.8 Å². The molecular weight excluding hydrogens is 328 g/mol. The second-order valence-electron chi connectivity index (χ2n) is 6.27. The second-order valence-corrected chi connectivity index (χ2v) is 6.27. The number of hydrogen-bond acceptors (Lipinski definition) is 3. The zero-order chi connectivity index (χ0) is 18.9. The first-order chi connectivity index (χ1) is 12.5. The van der Waals surface area contributed by atoms with E-state index in [1.807, 2.05) is 55.5 Å². The zero-order valence-electron chi connectivity index (χ0n) is 16.0. The molecule has 0 aliphatic heterocycles. The highest BCUT2D eigenvalue weighted by molar-refractivity contribution is 5.74. The number of carbonyl (C=O) groups is 1. The quantitative estimate of drug-likeness (QED) is 0.763. The summed E-state index contributed by atoms with van der Waals surface area (Å²) < 4.78 is 11.0. The van der Waals surface area contributed by atoms with Gasteiger partial charge in [-0.15, -0.1) is 0 Å². The lowest BCUT2D eigenvalue weighted by atomic mass is 10.1. The summed E-state index contributed by atoms with van der Waals surface area (Å²) >= 11 is 0. The summed E-state index contributed by atoms with van der Waals surface area (Å²) in [6.45, 7) is 5.20. The van der Waals surface area contributed by atoms with Crippen LogP contribution in [0.3, 0.4) is 0 Å². The van der Waals surface area contributed by atoms with Crippen molar-refractivity contribution in [1.29, 1.82) is 0 Å². The van der Waals surface area contributed by atoms with E-state index in [0.717, 1.165) is 29.0 Å². The molecule has 2 rings (SSSR count). The highest BCUT2D eigenvalue weighted by atomic mass is 16.5. The minimum absolute atomic E-state index is 0.134. The molecule has 2 aromatic carbocycles. The summed E-state index contributed by atoms with van der Waals surface area (Å²) in [5, 5.41) is 3.04. The number of rotatable bonds is 8. The first kappa shape index (κ1) is 19.6. The molecule has 26 heavy (non-hydrogen) atoms. The Morgan fingerprint density at radius 1 is 1.19 bits per heavy atom. The number of urea groups is 1. The highest BCUT2D eigenvalue weighted by Crippen LogP contribution is 2.25. The molecule has 0 aromatic heterocycles. The minimum Gasteiger partial charge on any atom is -0.497 e. The van der Waals surface area contributed by atoms with E-state index < -0.39 is 0 Å². The Labute approximate surface area is 155 Å². The number of amides is 2. The van der Waals surface area contributed by atoms with E-state index in [1.165, 1.54) is 0 Å². The molecule has 2 amide bonds. The molecule has 0 aliphatic carbocycles. The fraction of sp³-hybridized carbons (Fsp3) is 0.381. The average Bonchev–Trinajstić information content (AvgIpc) is 2.66. The molecule has 1 N–H and O–H groups in total. The molecule has 1 atom stereocenters. The van der Waals surface area contributed by atoms with Crippen LogP contribution in [0.1, 0.15) is 37.4 Å². The third-order valence-electron chi connectivity index (χ3n) is 4.09. The smallest absolute Gasteiger partial charge is 0.317 e. The highest BCUT2D eigenvalue weighted by Gasteiger charge is 2.16. The number of nitrogens with one attached hydrogen (secondary N) is 1. The normalized spacial score (nSPS) is 11.5. The molecule has 2 aromatic rings. The minimum atomic E-state index is -0.150. The van der Waals surface area contributed by atoms with Crippen molar-refractivity contribution in [3.63, 3.8) is 0 Å². The van der Waals surface area contributed by atoms with Crippen LogP contribution >= 0.6 is 0 Å². The van der Waals surface area contributed by atoms with Gasteiger partial charge in [-0.05, 0) is 37.1 Å². The first-order valence-corrected chi connectivity index (χ1v) is 8.91. The van der Waals surface area contributed by atoms with E-state index in [2.05, 4.69) is 12.2 Å². The van der Waals surface area contributed by atoms with Crippen LogP contribution in [0.15, 0.2) is 48.5 Å². The Morgan fingerprint density at radius 2 is 1.96 bits per heavy atom. The summed E-state index contributed by atoms with van der Waals surface area (Å²) in [5.74, 6) is 1.60. The van der Waals surface area contributed by atoms with Crippen molar-refractivity contribution >= 4 is 6.03 Å². The van der Waals surface area contributed by atoms with Gasteiger partial charge in [0, 0.05) is 19.2 Å². The number of ether oxygens (including phenoxy) is 2. The summed E-state index contributed by atoms with van der Waals surface area (Å²) in [4.78, 5) is 14.2. The molecular formula is C21H28N2O3. The predicted molar refractivity (Wildman–Crippen MR) is 104 cm³/mol. The van der Waals surface area contributed by atoms with E-state index in [4.69, 9.17) is 9.47 Å². The third kappa shape index (κ3) is 5.41. The van der Waals surface area contributed by atoms with Crippen LogP contribution in [-0.2, 0) is 6.54 Å². The monoisotopic (exact) mass is 356 g/mol. The fourth-order valence-electron chi connectivity index (χ4n) is 2.67. The molecule has 5 heteroatoms. The zero-order valence-corrected chi connectivity index (χ0v) is 16.0. The summed E-state index contributed by atoms with van der Waals surface area (Å²) in [6, 6.07) is 15.3. The molecule has 140 valence electrons. The molecule has 0 spiro atoms. The van der Waals surface area contributed by atoms with Gasteiger partial charge in [-0.3, -0.25) is 0 Å². The van der Waals surface area contributed by atoms with Crippen LogP contribution in [0.25, 0.3) is 0 Å². The first-order valence-electron chi connectivity index (χ1n) is 8.91. The van der Waals surface area contributed by atoms with Crippen molar-refractivity contribution in [1.82, 2.24) is 10.2 Å². The van der Waals surface area contributed by atoms with Crippen LogP contribution in [0, 0.1) is 0 Å². The summed E-state index contributed by atoms with van der Waals surface area (Å²) in [5.41, 5.74) is 1.99. The van der Waals surface area contributed by atoms with Gasteiger partial charge >= 0.3 is 6.03 Å². The lowest BCUT2D eigenvalue weighted by Gasteiger charge is -2.23. The van der Waals surface area contributed by atoms with E-state index >= 15 is 0 Å². The largest absolute Gasteiger partial charge is 0.497 e. The van der Waals surface area contributed by atoms with Crippen LogP contribution in [0.5, 0.6) is 11.5 Å². The number of carbonyl (C=O) groups excluding carboxylic acids is 1. The van der Waals surface area contributed by atoms with Gasteiger partial charge in [0.15, 0.2) is 0 Å². The maximum Gasteiger partial charge on any atom is 0.317 e. The average molecular weight is 356 g/mol. The van der Waals surface area contributed by atoms with Crippen molar-refractivity contribution in [3.8, 4) is 11.5 Å². The van der Waals surface area contributed by atoms with Crippen LogP contribution in [0.2, 0.25) is 0 Å². The van der Waals surface area contributed by atoms with Crippen LogP contribution in [0.4, 0.5) is 4.79 Å². The SMILES string of the molecule is CCCOc1ccccc1C(C)NC(=O)N(C)Cc1cccc(OC)c1. The molecule has 5 nitrogen and oxygen atoms in total. The van der Waals surface area contributed by atoms with E-state index in [-0.39, 0.29) is 12.1 Å². The molecule has 0 saturated heterocycles. The molecule has 0 radical (unpaired) electrons. The number of para-hydroxylation sites is 1. The van der Waals surface area contributed by atoms with Gasteiger partial charge in [0.05, 0.1) is 19.8 Å². The van der Waals surface area contributed by atoms with Gasteiger partial charge in [0.25, 0.3) is 0 Å². The Hall–Kier alpha value is -2.69. The van der Waals surface area contributed by atoms with Crippen molar-refractivity contribution in [2.24, 2.45) is 0 Å². The molecule has 0 aliphatic rings. The second kappa shape index (κ2) is 9.70. The standard InChI is InChI=1S/C21H28N2O3/c1-5-13-26-20-12-7-6-11-19(20)16(2)22-21(24)23(3)15-17-9-8-10-18(14-17)25-4/h6-12,14,16H,5,13,15H2,1-4H3,(H,22,24). The summed E-state index contributed by atoms with van der Waals surface area (Å²) in [6.07, 6.45) is 0.943. The maximum absolute atomic E-state index is 12.6. The molecule has 0 saturated carbocycles. The van der Waals surface area contributed by atoms with E-state index in [9.17, 15) is 4.79 Å². The van der Waals surface area contributed by atoms with E-state index in [0.29, 0.717) is 13.2 Å². The Morgan fingerprint density at radius 3 is 2.69 bits per heavy atom. The lowest BCUT2D eigenvalue weighted by molar-refractivity contribution is 0.203. The molecule has 0 fully saturated rings. The maximum atomic E-state index is 12.6. The number of benzene rings is 2. The number of hydrogen-bond donors (Lipinski definition) is 1.